The summed E-state index contributed by atoms with van der Waals surface area (Å²) >= 11 is 0. The van der Waals surface area contributed by atoms with Crippen LogP contribution >= 0.6 is 0 Å². The van der Waals surface area contributed by atoms with E-state index >= 15 is 0 Å². The molecule has 0 radical (unpaired) electrons. The van der Waals surface area contributed by atoms with Gasteiger partial charge >= 0.3 is 0 Å². The Labute approximate surface area is 171 Å². The molecule has 0 saturated heterocycles. The molecule has 4 heteroatoms. The van der Waals surface area contributed by atoms with Gasteiger partial charge in [0.05, 0.1) is 0 Å². The average Bonchev–Trinajstić information content (AvgIpc) is 3.50. The molecule has 0 aromatic carbocycles. The van der Waals surface area contributed by atoms with Crippen molar-refractivity contribution in [3.8, 4) is 0 Å². The van der Waals surface area contributed by atoms with E-state index in [1.54, 1.807) is 0 Å². The van der Waals surface area contributed by atoms with Gasteiger partial charge in [-0.1, -0.05) is 51.4 Å². The zero-order valence-corrected chi connectivity index (χ0v) is 17.7. The van der Waals surface area contributed by atoms with Crippen molar-refractivity contribution >= 4 is 11.8 Å². The fourth-order valence-corrected chi connectivity index (χ4v) is 6.61. The van der Waals surface area contributed by atoms with Crippen LogP contribution in [-0.2, 0) is 9.59 Å². The Morgan fingerprint density at radius 3 is 0.893 bits per heavy atom. The predicted molar refractivity (Wildman–Crippen MR) is 112 cm³/mol. The third-order valence-corrected chi connectivity index (χ3v) is 8.00. The molecular formula is C24H40N2O2. The van der Waals surface area contributed by atoms with Crippen molar-refractivity contribution in [2.75, 3.05) is 0 Å². The normalized spacial score (nSPS) is 25.0. The van der Waals surface area contributed by atoms with Crippen LogP contribution in [-0.4, -0.2) is 45.8 Å². The molecule has 0 bridgehead atoms. The highest BCUT2D eigenvalue weighted by Crippen LogP contribution is 2.34. The second kappa shape index (κ2) is 9.63. The number of hydrogen-bond donors (Lipinski definition) is 0. The highest BCUT2D eigenvalue weighted by molar-refractivity contribution is 5.84. The average molecular weight is 389 g/mol. The largest absolute Gasteiger partial charge is 0.337 e. The van der Waals surface area contributed by atoms with E-state index in [4.69, 9.17) is 0 Å². The summed E-state index contributed by atoms with van der Waals surface area (Å²) in [6, 6.07) is 1.80. The topological polar surface area (TPSA) is 40.6 Å². The smallest absolute Gasteiger partial charge is 0.223 e. The van der Waals surface area contributed by atoms with Crippen molar-refractivity contribution in [3.63, 3.8) is 0 Å². The Kier molecular flexibility index (Phi) is 6.95. The van der Waals surface area contributed by atoms with Crippen LogP contribution in [0, 0.1) is 0 Å². The molecular weight excluding hydrogens is 348 g/mol. The lowest BCUT2D eigenvalue weighted by molar-refractivity contribution is -0.142. The lowest BCUT2D eigenvalue weighted by Crippen LogP contribution is -2.47. The Hall–Kier alpha value is -1.06. The molecule has 4 rings (SSSR count). The van der Waals surface area contributed by atoms with Gasteiger partial charge in [-0.25, -0.2) is 0 Å². The number of nitrogens with zero attached hydrogens (tertiary/aromatic N) is 2. The van der Waals surface area contributed by atoms with Crippen molar-refractivity contribution in [2.45, 2.75) is 140 Å². The van der Waals surface area contributed by atoms with E-state index in [2.05, 4.69) is 9.80 Å². The molecule has 0 spiro atoms. The standard InChI is InChI=1S/C24H40N2O2/c27-23(25(19-9-1-2-10-19)20-11-3-4-12-20)17-18-24(28)26(21-13-5-6-14-21)22-15-7-8-16-22/h19-22H,1-18H2. The quantitative estimate of drug-likeness (QED) is 0.602. The number of carbonyl (C=O) groups is 2. The van der Waals surface area contributed by atoms with Crippen LogP contribution in [0.4, 0.5) is 0 Å². The number of rotatable bonds is 7. The molecule has 0 aromatic heterocycles. The van der Waals surface area contributed by atoms with Crippen LogP contribution in [0.15, 0.2) is 0 Å². The Morgan fingerprint density at radius 1 is 0.464 bits per heavy atom. The summed E-state index contributed by atoms with van der Waals surface area (Å²) in [5.74, 6) is 0.537. The molecule has 4 aliphatic rings. The zero-order valence-electron chi connectivity index (χ0n) is 17.7. The van der Waals surface area contributed by atoms with Gasteiger partial charge in [0, 0.05) is 37.0 Å². The lowest BCUT2D eigenvalue weighted by atomic mass is 10.1. The molecule has 0 heterocycles. The Morgan fingerprint density at radius 2 is 0.679 bits per heavy atom. The van der Waals surface area contributed by atoms with Crippen LogP contribution in [0.25, 0.3) is 0 Å². The third-order valence-electron chi connectivity index (χ3n) is 8.00. The minimum Gasteiger partial charge on any atom is -0.337 e. The van der Waals surface area contributed by atoms with Gasteiger partial charge in [0.2, 0.25) is 11.8 Å². The van der Waals surface area contributed by atoms with E-state index in [9.17, 15) is 9.59 Å². The predicted octanol–water partition coefficient (Wildman–Crippen LogP) is 5.19. The molecule has 2 amide bonds. The van der Waals surface area contributed by atoms with Crippen LogP contribution in [0.2, 0.25) is 0 Å². The summed E-state index contributed by atoms with van der Waals surface area (Å²) in [6.07, 6.45) is 20.3. The van der Waals surface area contributed by atoms with Crippen molar-refractivity contribution < 1.29 is 9.59 Å². The molecule has 4 saturated carbocycles. The van der Waals surface area contributed by atoms with Gasteiger partial charge in [-0.3, -0.25) is 9.59 Å². The molecule has 4 fully saturated rings. The van der Waals surface area contributed by atoms with Gasteiger partial charge in [-0.15, -0.1) is 0 Å². The van der Waals surface area contributed by atoms with Crippen molar-refractivity contribution in [3.05, 3.63) is 0 Å². The van der Waals surface area contributed by atoms with Crippen LogP contribution < -0.4 is 0 Å². The molecule has 0 atom stereocenters. The first-order valence-corrected chi connectivity index (χ1v) is 12.4. The van der Waals surface area contributed by atoms with E-state index < -0.39 is 0 Å². The summed E-state index contributed by atoms with van der Waals surface area (Å²) in [4.78, 5) is 31.0. The molecule has 158 valence electrons. The molecule has 4 nitrogen and oxygen atoms in total. The fourth-order valence-electron chi connectivity index (χ4n) is 6.61. The SMILES string of the molecule is O=C(CCC(=O)N(C1CCCC1)C1CCCC1)N(C1CCCC1)C1CCCC1. The van der Waals surface area contributed by atoms with E-state index in [0.29, 0.717) is 37.0 Å². The molecule has 0 aliphatic heterocycles. The molecule has 28 heavy (non-hydrogen) atoms. The molecule has 4 aliphatic carbocycles. The summed E-state index contributed by atoms with van der Waals surface area (Å²) in [6.45, 7) is 0. The number of carbonyl (C=O) groups excluding carboxylic acids is 2. The van der Waals surface area contributed by atoms with Crippen LogP contribution in [0.5, 0.6) is 0 Å². The third kappa shape index (κ3) is 4.57. The Bertz CT molecular complexity index is 445. The van der Waals surface area contributed by atoms with Gasteiger partial charge < -0.3 is 9.80 Å². The van der Waals surface area contributed by atoms with Crippen molar-refractivity contribution in [1.29, 1.82) is 0 Å². The maximum atomic E-state index is 13.2. The monoisotopic (exact) mass is 388 g/mol. The van der Waals surface area contributed by atoms with Crippen LogP contribution in [0.1, 0.15) is 116 Å². The zero-order chi connectivity index (χ0) is 19.3. The van der Waals surface area contributed by atoms with Gasteiger partial charge in [0.25, 0.3) is 0 Å². The second-order valence-electron chi connectivity index (χ2n) is 9.86. The van der Waals surface area contributed by atoms with E-state index in [0.717, 1.165) is 0 Å². The van der Waals surface area contributed by atoms with Crippen molar-refractivity contribution in [2.24, 2.45) is 0 Å². The second-order valence-corrected chi connectivity index (χ2v) is 9.86. The van der Waals surface area contributed by atoms with Crippen LogP contribution in [0.3, 0.4) is 0 Å². The first-order valence-electron chi connectivity index (χ1n) is 12.4. The highest BCUT2D eigenvalue weighted by atomic mass is 16.2. The minimum absolute atomic E-state index is 0.268. The summed E-state index contributed by atoms with van der Waals surface area (Å²) in [7, 11) is 0. The van der Waals surface area contributed by atoms with E-state index in [-0.39, 0.29) is 11.8 Å². The summed E-state index contributed by atoms with van der Waals surface area (Å²) in [5.41, 5.74) is 0. The first kappa shape index (κ1) is 20.2. The maximum absolute atomic E-state index is 13.2. The molecule has 0 unspecified atom stereocenters. The maximum Gasteiger partial charge on any atom is 0.223 e. The van der Waals surface area contributed by atoms with E-state index in [1.807, 2.05) is 0 Å². The minimum atomic E-state index is 0.268. The summed E-state index contributed by atoms with van der Waals surface area (Å²) < 4.78 is 0. The summed E-state index contributed by atoms with van der Waals surface area (Å²) in [5, 5.41) is 0. The Balaban J connectivity index is 1.37. The molecule has 0 aromatic rings. The highest BCUT2D eigenvalue weighted by Gasteiger charge is 2.36. The van der Waals surface area contributed by atoms with Gasteiger partial charge in [0.1, 0.15) is 0 Å². The first-order chi connectivity index (χ1) is 13.7. The van der Waals surface area contributed by atoms with Crippen molar-refractivity contribution in [1.82, 2.24) is 9.80 Å². The van der Waals surface area contributed by atoms with Gasteiger partial charge in [0.15, 0.2) is 0 Å². The fraction of sp³-hybridized carbons (Fsp3) is 0.917. The van der Waals surface area contributed by atoms with Gasteiger partial charge in [-0.2, -0.15) is 0 Å². The lowest BCUT2D eigenvalue weighted by Gasteiger charge is -2.36. The van der Waals surface area contributed by atoms with Gasteiger partial charge in [-0.05, 0) is 51.4 Å². The van der Waals surface area contributed by atoms with E-state index in [1.165, 1.54) is 103 Å². The number of amides is 2. The number of hydrogen-bond acceptors (Lipinski definition) is 2. The molecule has 0 N–H and O–H groups in total.